The van der Waals surface area contributed by atoms with Crippen molar-refractivity contribution in [2.45, 2.75) is 46.8 Å². The molecule has 0 aliphatic rings. The van der Waals surface area contributed by atoms with E-state index in [1.165, 1.54) is 0 Å². The summed E-state index contributed by atoms with van der Waals surface area (Å²) in [7, 11) is 0. The molecule has 0 heterocycles. The van der Waals surface area contributed by atoms with E-state index in [0.29, 0.717) is 18.9 Å². The van der Waals surface area contributed by atoms with E-state index in [1.54, 1.807) is 0 Å². The second-order valence-corrected chi connectivity index (χ2v) is 5.22. The van der Waals surface area contributed by atoms with Crippen molar-refractivity contribution in [3.8, 4) is 0 Å². The third-order valence-electron chi connectivity index (χ3n) is 2.08. The first-order valence-electron chi connectivity index (χ1n) is 5.36. The van der Waals surface area contributed by atoms with Crippen LogP contribution in [0.2, 0.25) is 0 Å². The Bertz CT molecular complexity index is 200. The van der Waals surface area contributed by atoms with Gasteiger partial charge in [-0.25, -0.2) is 0 Å². The van der Waals surface area contributed by atoms with Gasteiger partial charge < -0.3 is 15.5 Å². The number of rotatable bonds is 6. The minimum absolute atomic E-state index is 0.0330. The van der Waals surface area contributed by atoms with E-state index in [1.807, 2.05) is 27.7 Å². The molecule has 0 fully saturated rings. The first-order valence-corrected chi connectivity index (χ1v) is 5.36. The van der Waals surface area contributed by atoms with Crippen LogP contribution >= 0.6 is 0 Å². The first kappa shape index (κ1) is 14.4. The fourth-order valence-electron chi connectivity index (χ4n) is 1.38. The van der Waals surface area contributed by atoms with Crippen LogP contribution in [0.3, 0.4) is 0 Å². The molecular formula is C11H23NO3. The maximum Gasteiger partial charge on any atom is 0.220 e. The van der Waals surface area contributed by atoms with Crippen molar-refractivity contribution in [3.63, 3.8) is 0 Å². The van der Waals surface area contributed by atoms with Crippen LogP contribution in [0.4, 0.5) is 0 Å². The van der Waals surface area contributed by atoms with E-state index >= 15 is 0 Å². The third-order valence-corrected chi connectivity index (χ3v) is 2.08. The Morgan fingerprint density at radius 1 is 1.33 bits per heavy atom. The summed E-state index contributed by atoms with van der Waals surface area (Å²) in [6.45, 7) is 8.42. The molecule has 0 aliphatic heterocycles. The predicted octanol–water partition coefficient (Wildman–Crippen LogP) is 0.876. The Labute approximate surface area is 91.7 Å². The summed E-state index contributed by atoms with van der Waals surface area (Å²) in [5, 5.41) is 20.5. The lowest BCUT2D eigenvalue weighted by Gasteiger charge is -2.24. The minimum atomic E-state index is -1.35. The van der Waals surface area contributed by atoms with Gasteiger partial charge in [0.1, 0.15) is 0 Å². The molecule has 0 bridgehead atoms. The van der Waals surface area contributed by atoms with Crippen LogP contribution < -0.4 is 5.32 Å². The lowest BCUT2D eigenvalue weighted by molar-refractivity contribution is -0.125. The van der Waals surface area contributed by atoms with E-state index in [0.717, 1.165) is 0 Å². The van der Waals surface area contributed by atoms with E-state index in [4.69, 9.17) is 10.2 Å². The fraction of sp³-hybridized carbons (Fsp3) is 0.909. The molecule has 0 rings (SSSR count). The number of aliphatic hydroxyl groups is 2. The van der Waals surface area contributed by atoms with E-state index in [9.17, 15) is 4.79 Å². The number of amides is 1. The molecule has 0 aliphatic carbocycles. The van der Waals surface area contributed by atoms with Crippen molar-refractivity contribution in [2.75, 3.05) is 6.54 Å². The Morgan fingerprint density at radius 2 is 1.87 bits per heavy atom. The SMILES string of the molecule is CC(C)CNC(=O)CC(C)(C)CC(O)O. The molecule has 3 N–H and O–H groups in total. The second-order valence-electron chi connectivity index (χ2n) is 5.22. The van der Waals surface area contributed by atoms with Crippen LogP contribution in [0, 0.1) is 11.3 Å². The van der Waals surface area contributed by atoms with Crippen molar-refractivity contribution in [3.05, 3.63) is 0 Å². The number of hydrogen-bond donors (Lipinski definition) is 3. The number of carbonyl (C=O) groups is 1. The van der Waals surface area contributed by atoms with Gasteiger partial charge in [-0.05, 0) is 11.3 Å². The summed E-state index contributed by atoms with van der Waals surface area (Å²) in [6, 6.07) is 0. The number of nitrogens with one attached hydrogen (secondary N) is 1. The summed E-state index contributed by atoms with van der Waals surface area (Å²) in [6.07, 6.45) is -0.822. The Kier molecular flexibility index (Phi) is 5.83. The lowest BCUT2D eigenvalue weighted by atomic mass is 9.85. The molecule has 0 atom stereocenters. The van der Waals surface area contributed by atoms with E-state index in [-0.39, 0.29) is 17.7 Å². The molecule has 0 unspecified atom stereocenters. The van der Waals surface area contributed by atoms with Gasteiger partial charge in [-0.3, -0.25) is 4.79 Å². The standard InChI is InChI=1S/C11H23NO3/c1-8(2)7-12-9(13)5-11(3,4)6-10(14)15/h8,10,14-15H,5-7H2,1-4H3,(H,12,13). The Hall–Kier alpha value is -0.610. The molecule has 1 amide bonds. The quantitative estimate of drug-likeness (QED) is 0.578. The minimum Gasteiger partial charge on any atom is -0.368 e. The van der Waals surface area contributed by atoms with Crippen LogP contribution in [0.1, 0.15) is 40.5 Å². The molecule has 90 valence electrons. The van der Waals surface area contributed by atoms with Gasteiger partial charge >= 0.3 is 0 Å². The highest BCUT2D eigenvalue weighted by Gasteiger charge is 2.24. The molecule has 15 heavy (non-hydrogen) atoms. The molecule has 4 nitrogen and oxygen atoms in total. The van der Waals surface area contributed by atoms with E-state index < -0.39 is 6.29 Å². The maximum atomic E-state index is 11.5. The van der Waals surface area contributed by atoms with Crippen molar-refractivity contribution >= 4 is 5.91 Å². The molecule has 0 saturated heterocycles. The van der Waals surface area contributed by atoms with Crippen molar-refractivity contribution in [2.24, 2.45) is 11.3 Å². The van der Waals surface area contributed by atoms with Gasteiger partial charge in [-0.1, -0.05) is 27.7 Å². The summed E-state index contributed by atoms with van der Waals surface area (Å²) in [4.78, 5) is 11.5. The molecule has 0 aromatic carbocycles. The summed E-state index contributed by atoms with van der Waals surface area (Å²) >= 11 is 0. The average Bonchev–Trinajstić information content (AvgIpc) is 1.96. The zero-order chi connectivity index (χ0) is 12.1. The Balaban J connectivity index is 3.93. The normalized spacial score (nSPS) is 12.3. The van der Waals surface area contributed by atoms with Crippen molar-refractivity contribution < 1.29 is 15.0 Å². The number of aliphatic hydroxyl groups excluding tert-OH is 1. The van der Waals surface area contributed by atoms with Gasteiger partial charge in [0.05, 0.1) is 0 Å². The van der Waals surface area contributed by atoms with Crippen LogP contribution in [0.25, 0.3) is 0 Å². The highest BCUT2D eigenvalue weighted by atomic mass is 16.5. The topological polar surface area (TPSA) is 69.6 Å². The first-order chi connectivity index (χ1) is 6.73. The predicted molar refractivity (Wildman–Crippen MR) is 59.1 cm³/mol. The molecule has 0 aromatic heterocycles. The van der Waals surface area contributed by atoms with Crippen LogP contribution in [0.15, 0.2) is 0 Å². The van der Waals surface area contributed by atoms with Gasteiger partial charge in [0.2, 0.25) is 5.91 Å². The van der Waals surface area contributed by atoms with Crippen LogP contribution in [0.5, 0.6) is 0 Å². The number of hydrogen-bond acceptors (Lipinski definition) is 3. The fourth-order valence-corrected chi connectivity index (χ4v) is 1.38. The van der Waals surface area contributed by atoms with Crippen LogP contribution in [-0.4, -0.2) is 29.0 Å². The van der Waals surface area contributed by atoms with Gasteiger partial charge in [-0.2, -0.15) is 0 Å². The highest BCUT2D eigenvalue weighted by molar-refractivity contribution is 5.76. The van der Waals surface area contributed by atoms with Crippen molar-refractivity contribution in [1.29, 1.82) is 0 Å². The van der Waals surface area contributed by atoms with Gasteiger partial charge in [0.15, 0.2) is 6.29 Å². The highest BCUT2D eigenvalue weighted by Crippen LogP contribution is 2.25. The monoisotopic (exact) mass is 217 g/mol. The summed E-state index contributed by atoms with van der Waals surface area (Å²) in [5.74, 6) is 0.398. The van der Waals surface area contributed by atoms with Crippen LogP contribution in [-0.2, 0) is 4.79 Å². The molecule has 4 heteroatoms. The molecule has 0 spiro atoms. The zero-order valence-electron chi connectivity index (χ0n) is 10.1. The van der Waals surface area contributed by atoms with Gasteiger partial charge in [0, 0.05) is 19.4 Å². The Morgan fingerprint density at radius 3 is 2.27 bits per heavy atom. The van der Waals surface area contributed by atoms with Gasteiger partial charge in [0.25, 0.3) is 0 Å². The molecular weight excluding hydrogens is 194 g/mol. The van der Waals surface area contributed by atoms with Crippen molar-refractivity contribution in [1.82, 2.24) is 5.32 Å². The lowest BCUT2D eigenvalue weighted by Crippen LogP contribution is -2.32. The number of carbonyl (C=O) groups excluding carboxylic acids is 1. The molecule has 0 aromatic rings. The smallest absolute Gasteiger partial charge is 0.220 e. The average molecular weight is 217 g/mol. The largest absolute Gasteiger partial charge is 0.368 e. The molecule has 0 saturated carbocycles. The van der Waals surface area contributed by atoms with Gasteiger partial charge in [-0.15, -0.1) is 0 Å². The zero-order valence-corrected chi connectivity index (χ0v) is 10.1. The second kappa shape index (κ2) is 6.08. The third kappa shape index (κ3) is 8.39. The maximum absolute atomic E-state index is 11.5. The molecule has 0 radical (unpaired) electrons. The van der Waals surface area contributed by atoms with E-state index in [2.05, 4.69) is 5.32 Å². The summed E-state index contributed by atoms with van der Waals surface area (Å²) in [5.41, 5.74) is -0.380. The summed E-state index contributed by atoms with van der Waals surface area (Å²) < 4.78 is 0.